The highest BCUT2D eigenvalue weighted by molar-refractivity contribution is 5.81. The van der Waals surface area contributed by atoms with Crippen LogP contribution in [-0.4, -0.2) is 59.5 Å². The van der Waals surface area contributed by atoms with E-state index in [1.165, 1.54) is 0 Å². The smallest absolute Gasteiger partial charge is 0.306 e. The number of aryl methyl sites for hydroxylation is 1. The Labute approximate surface area is 180 Å². The molecule has 0 unspecified atom stereocenters. The van der Waals surface area contributed by atoms with E-state index in [1.54, 1.807) is 23.4 Å². The summed E-state index contributed by atoms with van der Waals surface area (Å²) in [6.45, 7) is 2.14. The number of esters is 1. The van der Waals surface area contributed by atoms with Gasteiger partial charge in [0.15, 0.2) is 6.61 Å². The highest BCUT2D eigenvalue weighted by atomic mass is 16.5. The van der Waals surface area contributed by atoms with Crippen molar-refractivity contribution in [2.24, 2.45) is 0 Å². The average Bonchev–Trinajstić information content (AvgIpc) is 3.31. The molecule has 0 N–H and O–H groups in total. The highest BCUT2D eigenvalue weighted by Gasteiger charge is 2.23. The fraction of sp³-hybridized carbons (Fsp3) is 0.304. The summed E-state index contributed by atoms with van der Waals surface area (Å²) in [5.41, 5.74) is 0.987. The van der Waals surface area contributed by atoms with E-state index in [2.05, 4.69) is 9.97 Å². The molecule has 0 saturated carbocycles. The molecule has 0 aliphatic carbocycles. The van der Waals surface area contributed by atoms with Gasteiger partial charge in [-0.05, 0) is 18.2 Å². The maximum atomic E-state index is 12.4. The van der Waals surface area contributed by atoms with Gasteiger partial charge in [0, 0.05) is 50.6 Å². The second-order valence-corrected chi connectivity index (χ2v) is 7.21. The first-order valence-corrected chi connectivity index (χ1v) is 10.3. The van der Waals surface area contributed by atoms with Crippen LogP contribution in [0, 0.1) is 0 Å². The largest absolute Gasteiger partial charge is 0.461 e. The number of nitrogens with zero attached hydrogens (tertiary/aromatic N) is 4. The van der Waals surface area contributed by atoms with Crippen molar-refractivity contribution in [3.63, 3.8) is 0 Å². The van der Waals surface area contributed by atoms with Crippen molar-refractivity contribution in [3.05, 3.63) is 66.7 Å². The number of anilines is 1. The van der Waals surface area contributed by atoms with Gasteiger partial charge in [-0.25, -0.2) is 9.97 Å². The van der Waals surface area contributed by atoms with E-state index in [-0.39, 0.29) is 18.9 Å². The number of amides is 1. The van der Waals surface area contributed by atoms with Crippen LogP contribution in [-0.2, 0) is 20.7 Å². The van der Waals surface area contributed by atoms with E-state index in [4.69, 9.17) is 9.15 Å². The minimum absolute atomic E-state index is 0.161. The summed E-state index contributed by atoms with van der Waals surface area (Å²) in [5.74, 6) is 1.53. The monoisotopic (exact) mass is 420 g/mol. The van der Waals surface area contributed by atoms with Gasteiger partial charge in [-0.3, -0.25) is 9.59 Å². The lowest BCUT2D eigenvalue weighted by Gasteiger charge is -2.34. The maximum absolute atomic E-state index is 12.4. The van der Waals surface area contributed by atoms with Gasteiger partial charge in [0.1, 0.15) is 11.5 Å². The van der Waals surface area contributed by atoms with Gasteiger partial charge < -0.3 is 19.0 Å². The van der Waals surface area contributed by atoms with Crippen LogP contribution in [0.1, 0.15) is 12.2 Å². The fourth-order valence-electron chi connectivity index (χ4n) is 3.41. The topological polar surface area (TPSA) is 88.8 Å². The van der Waals surface area contributed by atoms with Gasteiger partial charge >= 0.3 is 5.97 Å². The van der Waals surface area contributed by atoms with Gasteiger partial charge in [-0.2, -0.15) is 0 Å². The predicted octanol–water partition coefficient (Wildman–Crippen LogP) is 2.56. The Kier molecular flexibility index (Phi) is 6.56. The fourth-order valence-corrected chi connectivity index (χ4v) is 3.41. The Hall–Kier alpha value is -3.68. The molecule has 3 heterocycles. The normalized spacial score (nSPS) is 13.8. The first-order valence-electron chi connectivity index (χ1n) is 10.3. The predicted molar refractivity (Wildman–Crippen MR) is 114 cm³/mol. The van der Waals surface area contributed by atoms with Crippen molar-refractivity contribution >= 4 is 17.8 Å². The van der Waals surface area contributed by atoms with Crippen LogP contribution in [0.15, 0.2) is 65.3 Å². The molecule has 1 aliphatic rings. The second-order valence-electron chi connectivity index (χ2n) is 7.21. The van der Waals surface area contributed by atoms with Crippen molar-refractivity contribution in [1.82, 2.24) is 14.9 Å². The van der Waals surface area contributed by atoms with Gasteiger partial charge in [0.2, 0.25) is 5.95 Å². The highest BCUT2D eigenvalue weighted by Crippen LogP contribution is 2.22. The zero-order valence-electron chi connectivity index (χ0n) is 17.1. The third kappa shape index (κ3) is 5.48. The van der Waals surface area contributed by atoms with Crippen LogP contribution in [0.3, 0.4) is 0 Å². The first-order chi connectivity index (χ1) is 15.2. The number of ether oxygens (including phenoxy) is 1. The van der Waals surface area contributed by atoms with E-state index in [9.17, 15) is 9.59 Å². The lowest BCUT2D eigenvalue weighted by molar-refractivity contribution is -0.152. The number of aromatic nitrogens is 2. The van der Waals surface area contributed by atoms with Gasteiger partial charge in [-0.1, -0.05) is 30.3 Å². The summed E-state index contributed by atoms with van der Waals surface area (Å²) < 4.78 is 11.0. The molecule has 0 atom stereocenters. The van der Waals surface area contributed by atoms with Crippen LogP contribution >= 0.6 is 0 Å². The number of piperazine rings is 1. The summed E-state index contributed by atoms with van der Waals surface area (Å²) in [5, 5.41) is 0. The zero-order chi connectivity index (χ0) is 21.5. The molecule has 8 nitrogen and oxygen atoms in total. The summed E-state index contributed by atoms with van der Waals surface area (Å²) in [4.78, 5) is 36.6. The molecular formula is C23H24N4O4. The number of hydrogen-bond donors (Lipinski definition) is 0. The van der Waals surface area contributed by atoms with Crippen LogP contribution in [0.2, 0.25) is 0 Å². The number of furan rings is 1. The minimum Gasteiger partial charge on any atom is -0.461 e. The molecule has 1 aliphatic heterocycles. The third-order valence-electron chi connectivity index (χ3n) is 5.12. The molecule has 1 amide bonds. The molecular weight excluding hydrogens is 396 g/mol. The zero-order valence-corrected chi connectivity index (χ0v) is 17.1. The van der Waals surface area contributed by atoms with Crippen LogP contribution in [0.25, 0.3) is 11.3 Å². The van der Waals surface area contributed by atoms with Crippen LogP contribution in [0.4, 0.5) is 5.95 Å². The van der Waals surface area contributed by atoms with E-state index >= 15 is 0 Å². The average molecular weight is 420 g/mol. The van der Waals surface area contributed by atoms with E-state index in [1.807, 2.05) is 47.4 Å². The Morgan fingerprint density at radius 3 is 2.42 bits per heavy atom. The molecule has 0 bridgehead atoms. The Bertz CT molecular complexity index is 999. The third-order valence-corrected chi connectivity index (χ3v) is 5.12. The molecule has 1 aromatic carbocycles. The van der Waals surface area contributed by atoms with E-state index < -0.39 is 5.97 Å². The second kappa shape index (κ2) is 9.88. The molecule has 1 fully saturated rings. The number of rotatable bonds is 7. The Morgan fingerprint density at radius 2 is 1.68 bits per heavy atom. The van der Waals surface area contributed by atoms with Crippen molar-refractivity contribution < 1.29 is 18.7 Å². The standard InChI is InChI=1S/C23H24N4O4/c28-21(26-13-15-27(16-14-26)23-24-11-4-12-25-23)17-30-22(29)10-8-19-7-9-20(31-19)18-5-2-1-3-6-18/h1-7,9,11-12H,8,10,13-17H2. The van der Waals surface area contributed by atoms with Crippen molar-refractivity contribution in [2.45, 2.75) is 12.8 Å². The molecule has 31 heavy (non-hydrogen) atoms. The Morgan fingerprint density at radius 1 is 0.935 bits per heavy atom. The molecule has 4 rings (SSSR count). The molecule has 8 heteroatoms. The SMILES string of the molecule is O=C(CCc1ccc(-c2ccccc2)o1)OCC(=O)N1CCN(c2ncccn2)CC1. The summed E-state index contributed by atoms with van der Waals surface area (Å²) in [7, 11) is 0. The lowest BCUT2D eigenvalue weighted by atomic mass is 10.2. The number of carbonyl (C=O) groups excluding carboxylic acids is 2. The maximum Gasteiger partial charge on any atom is 0.306 e. The minimum atomic E-state index is -0.415. The molecule has 0 radical (unpaired) electrons. The summed E-state index contributed by atoms with van der Waals surface area (Å²) in [6.07, 6.45) is 3.98. The number of hydrogen-bond acceptors (Lipinski definition) is 7. The summed E-state index contributed by atoms with van der Waals surface area (Å²) in [6, 6.07) is 15.3. The summed E-state index contributed by atoms with van der Waals surface area (Å²) >= 11 is 0. The van der Waals surface area contributed by atoms with Crippen molar-refractivity contribution in [2.75, 3.05) is 37.7 Å². The van der Waals surface area contributed by atoms with E-state index in [0.29, 0.717) is 44.3 Å². The van der Waals surface area contributed by atoms with Crippen molar-refractivity contribution in [3.8, 4) is 11.3 Å². The molecule has 160 valence electrons. The molecule has 0 spiro atoms. The number of benzene rings is 1. The Balaban J connectivity index is 1.17. The van der Waals surface area contributed by atoms with Gasteiger partial charge in [0.25, 0.3) is 5.91 Å². The molecule has 3 aromatic rings. The lowest BCUT2D eigenvalue weighted by Crippen LogP contribution is -2.50. The first kappa shape index (κ1) is 20.6. The number of carbonyl (C=O) groups is 2. The van der Waals surface area contributed by atoms with Gasteiger partial charge in [0.05, 0.1) is 6.42 Å². The molecule has 1 saturated heterocycles. The van der Waals surface area contributed by atoms with Gasteiger partial charge in [-0.15, -0.1) is 0 Å². The quantitative estimate of drug-likeness (QED) is 0.543. The van der Waals surface area contributed by atoms with Crippen molar-refractivity contribution in [1.29, 1.82) is 0 Å². The van der Waals surface area contributed by atoms with E-state index in [0.717, 1.165) is 11.3 Å². The molecule has 2 aromatic heterocycles. The van der Waals surface area contributed by atoms with Crippen LogP contribution in [0.5, 0.6) is 0 Å². The van der Waals surface area contributed by atoms with Crippen LogP contribution < -0.4 is 4.90 Å².